The zero-order valence-electron chi connectivity index (χ0n) is 9.44. The van der Waals surface area contributed by atoms with Gasteiger partial charge in [-0.2, -0.15) is 13.2 Å². The molecular weight excluding hydrogens is 269 g/mol. The lowest BCUT2D eigenvalue weighted by atomic mass is 10.2. The Labute approximate surface area is 106 Å². The second kappa shape index (κ2) is 6.65. The molecule has 0 N–H and O–H groups in total. The number of hydrogen-bond donors (Lipinski definition) is 0. The SMILES string of the molecule is CC(OSC(F)(F)F)C(=O)OCc1ccccc1. The van der Waals surface area contributed by atoms with Gasteiger partial charge in [0.25, 0.3) is 0 Å². The molecule has 0 saturated carbocycles. The van der Waals surface area contributed by atoms with E-state index in [1.54, 1.807) is 30.3 Å². The second-order valence-electron chi connectivity index (χ2n) is 3.36. The average Bonchev–Trinajstić information content (AvgIpc) is 2.33. The van der Waals surface area contributed by atoms with Crippen LogP contribution in [0, 0.1) is 0 Å². The molecule has 1 aromatic rings. The molecule has 0 fully saturated rings. The van der Waals surface area contributed by atoms with Crippen molar-refractivity contribution < 1.29 is 26.9 Å². The van der Waals surface area contributed by atoms with Gasteiger partial charge >= 0.3 is 11.5 Å². The van der Waals surface area contributed by atoms with E-state index in [2.05, 4.69) is 4.18 Å². The molecule has 18 heavy (non-hydrogen) atoms. The van der Waals surface area contributed by atoms with Crippen LogP contribution in [0.2, 0.25) is 0 Å². The lowest BCUT2D eigenvalue weighted by Gasteiger charge is -2.12. The first kappa shape index (κ1) is 14.8. The van der Waals surface area contributed by atoms with Crippen LogP contribution in [0.5, 0.6) is 0 Å². The van der Waals surface area contributed by atoms with Crippen molar-refractivity contribution >= 4 is 18.0 Å². The van der Waals surface area contributed by atoms with Crippen LogP contribution in [0.3, 0.4) is 0 Å². The van der Waals surface area contributed by atoms with E-state index < -0.39 is 29.6 Å². The quantitative estimate of drug-likeness (QED) is 0.612. The van der Waals surface area contributed by atoms with Gasteiger partial charge in [-0.3, -0.25) is 4.18 Å². The van der Waals surface area contributed by atoms with Gasteiger partial charge in [-0.25, -0.2) is 4.79 Å². The minimum atomic E-state index is -4.53. The largest absolute Gasteiger partial charge is 0.468 e. The van der Waals surface area contributed by atoms with Crippen molar-refractivity contribution in [3.8, 4) is 0 Å². The maximum atomic E-state index is 11.8. The van der Waals surface area contributed by atoms with E-state index in [1.807, 2.05) is 0 Å². The van der Waals surface area contributed by atoms with Gasteiger partial charge in [-0.15, -0.1) is 0 Å². The molecule has 0 aliphatic carbocycles. The predicted octanol–water partition coefficient (Wildman–Crippen LogP) is 3.30. The first-order valence-corrected chi connectivity index (χ1v) is 5.74. The first-order chi connectivity index (χ1) is 8.38. The number of esters is 1. The van der Waals surface area contributed by atoms with Crippen LogP contribution in [0.25, 0.3) is 0 Å². The van der Waals surface area contributed by atoms with E-state index in [-0.39, 0.29) is 6.61 Å². The molecule has 0 aromatic heterocycles. The maximum Gasteiger partial charge on any atom is 0.468 e. The number of benzene rings is 1. The van der Waals surface area contributed by atoms with Crippen molar-refractivity contribution in [1.29, 1.82) is 0 Å². The van der Waals surface area contributed by atoms with Gasteiger partial charge in [-0.1, -0.05) is 30.3 Å². The number of halogens is 3. The molecule has 0 aliphatic rings. The van der Waals surface area contributed by atoms with Crippen LogP contribution in [-0.2, 0) is 20.3 Å². The van der Waals surface area contributed by atoms with Crippen LogP contribution in [0.4, 0.5) is 13.2 Å². The highest BCUT2D eigenvalue weighted by Crippen LogP contribution is 2.32. The fourth-order valence-corrected chi connectivity index (χ4v) is 1.34. The summed E-state index contributed by atoms with van der Waals surface area (Å²) < 4.78 is 44.5. The number of ether oxygens (including phenoxy) is 1. The van der Waals surface area contributed by atoms with Crippen LogP contribution in [0.1, 0.15) is 12.5 Å². The predicted molar refractivity (Wildman–Crippen MR) is 60.4 cm³/mol. The van der Waals surface area contributed by atoms with Crippen molar-refractivity contribution in [1.82, 2.24) is 0 Å². The highest BCUT2D eigenvalue weighted by molar-refractivity contribution is 7.95. The summed E-state index contributed by atoms with van der Waals surface area (Å²) in [7, 11) is 0. The molecule has 100 valence electrons. The van der Waals surface area contributed by atoms with Crippen LogP contribution < -0.4 is 0 Å². The fraction of sp³-hybridized carbons (Fsp3) is 0.364. The monoisotopic (exact) mass is 280 g/mol. The summed E-state index contributed by atoms with van der Waals surface area (Å²) >= 11 is -0.709. The summed E-state index contributed by atoms with van der Waals surface area (Å²) in [5, 5.41) is 0. The van der Waals surface area contributed by atoms with Crippen molar-refractivity contribution in [3.05, 3.63) is 35.9 Å². The van der Waals surface area contributed by atoms with E-state index in [4.69, 9.17) is 4.74 Å². The second-order valence-corrected chi connectivity index (χ2v) is 4.18. The van der Waals surface area contributed by atoms with Gasteiger partial charge in [0.15, 0.2) is 6.10 Å². The Morgan fingerprint density at radius 1 is 1.33 bits per heavy atom. The van der Waals surface area contributed by atoms with E-state index in [1.165, 1.54) is 6.92 Å². The Kier molecular flexibility index (Phi) is 5.49. The van der Waals surface area contributed by atoms with E-state index in [9.17, 15) is 18.0 Å². The number of carbonyl (C=O) groups excluding carboxylic acids is 1. The summed E-state index contributed by atoms with van der Waals surface area (Å²) in [6.07, 6.45) is -1.28. The van der Waals surface area contributed by atoms with E-state index in [0.29, 0.717) is 0 Å². The molecule has 0 amide bonds. The first-order valence-electron chi connectivity index (χ1n) is 5.00. The minimum absolute atomic E-state index is 0.00403. The molecule has 0 bridgehead atoms. The highest BCUT2D eigenvalue weighted by Gasteiger charge is 2.32. The lowest BCUT2D eigenvalue weighted by molar-refractivity contribution is -0.152. The molecular formula is C11H11F3O3S. The Balaban J connectivity index is 2.32. The van der Waals surface area contributed by atoms with Crippen molar-refractivity contribution in [2.24, 2.45) is 0 Å². The van der Waals surface area contributed by atoms with Gasteiger partial charge in [0, 0.05) is 0 Å². The summed E-state index contributed by atoms with van der Waals surface area (Å²) in [4.78, 5) is 11.3. The minimum Gasteiger partial charge on any atom is -0.459 e. The van der Waals surface area contributed by atoms with Crippen LogP contribution >= 0.6 is 12.0 Å². The van der Waals surface area contributed by atoms with Gasteiger partial charge in [0.2, 0.25) is 0 Å². The average molecular weight is 280 g/mol. The number of carbonyl (C=O) groups is 1. The Morgan fingerprint density at radius 2 is 1.94 bits per heavy atom. The third-order valence-electron chi connectivity index (χ3n) is 1.84. The molecule has 7 heteroatoms. The van der Waals surface area contributed by atoms with Gasteiger partial charge in [0.1, 0.15) is 18.6 Å². The zero-order chi connectivity index (χ0) is 13.6. The third-order valence-corrected chi connectivity index (χ3v) is 2.42. The van der Waals surface area contributed by atoms with Crippen LogP contribution in [-0.4, -0.2) is 17.6 Å². The standard InChI is InChI=1S/C11H11F3O3S/c1-8(17-18-11(12,13)14)10(15)16-7-9-5-3-2-4-6-9/h2-6,8H,7H2,1H3. The summed E-state index contributed by atoms with van der Waals surface area (Å²) in [5.74, 6) is -0.837. The smallest absolute Gasteiger partial charge is 0.459 e. The molecule has 0 spiro atoms. The highest BCUT2D eigenvalue weighted by atomic mass is 32.2. The summed E-state index contributed by atoms with van der Waals surface area (Å²) in [6, 6.07) is 8.81. The van der Waals surface area contributed by atoms with Gasteiger partial charge in [-0.05, 0) is 12.5 Å². The third kappa shape index (κ3) is 5.92. The Morgan fingerprint density at radius 3 is 2.50 bits per heavy atom. The summed E-state index contributed by atoms with van der Waals surface area (Å²) in [5.41, 5.74) is -3.78. The lowest BCUT2D eigenvalue weighted by Crippen LogP contribution is -2.22. The Bertz CT molecular complexity index is 381. The molecule has 1 rings (SSSR count). The van der Waals surface area contributed by atoms with E-state index >= 15 is 0 Å². The molecule has 1 aromatic carbocycles. The summed E-state index contributed by atoms with van der Waals surface area (Å²) in [6.45, 7) is 1.20. The molecule has 0 aliphatic heterocycles. The Hall–Kier alpha value is -1.21. The van der Waals surface area contributed by atoms with E-state index in [0.717, 1.165) is 5.56 Å². The number of rotatable bonds is 5. The maximum absolute atomic E-state index is 11.8. The molecule has 0 radical (unpaired) electrons. The van der Waals surface area contributed by atoms with Crippen molar-refractivity contribution in [2.45, 2.75) is 25.1 Å². The molecule has 1 unspecified atom stereocenters. The molecule has 0 saturated heterocycles. The number of alkyl halides is 3. The molecule has 3 nitrogen and oxygen atoms in total. The molecule has 0 heterocycles. The number of hydrogen-bond acceptors (Lipinski definition) is 4. The zero-order valence-corrected chi connectivity index (χ0v) is 10.3. The van der Waals surface area contributed by atoms with Crippen molar-refractivity contribution in [2.75, 3.05) is 0 Å². The van der Waals surface area contributed by atoms with Gasteiger partial charge in [0.05, 0.1) is 0 Å². The van der Waals surface area contributed by atoms with Crippen LogP contribution in [0.15, 0.2) is 30.3 Å². The topological polar surface area (TPSA) is 35.5 Å². The van der Waals surface area contributed by atoms with Gasteiger partial charge < -0.3 is 4.74 Å². The normalized spacial score (nSPS) is 13.1. The molecule has 1 atom stereocenters. The fourth-order valence-electron chi connectivity index (χ4n) is 1.01. The van der Waals surface area contributed by atoms with Crippen molar-refractivity contribution in [3.63, 3.8) is 0 Å².